The first-order chi connectivity index (χ1) is 13.8. The summed E-state index contributed by atoms with van der Waals surface area (Å²) in [5, 5.41) is 4.08. The molecule has 2 aromatic rings. The van der Waals surface area contributed by atoms with Gasteiger partial charge in [-0.1, -0.05) is 29.9 Å². The van der Waals surface area contributed by atoms with Gasteiger partial charge in [0.1, 0.15) is 4.88 Å². The molecule has 1 fully saturated rings. The molecule has 1 saturated heterocycles. The number of hydrogen-bond donors (Lipinski definition) is 2. The number of carbonyl (C=O) groups excluding carboxylic acids is 2. The number of aromatic nitrogens is 3. The molecule has 0 radical (unpaired) electrons. The van der Waals surface area contributed by atoms with Gasteiger partial charge in [0.2, 0.25) is 0 Å². The fraction of sp³-hybridized carbons (Fsp3) is 0.556. The number of nitrogens with one attached hydrogen (secondary N) is 2. The van der Waals surface area contributed by atoms with Crippen LogP contribution in [0.4, 0.5) is 5.13 Å². The van der Waals surface area contributed by atoms with E-state index in [2.05, 4.69) is 25.2 Å². The number of hydrogen-bond acceptors (Lipinski definition) is 7. The first-order valence-corrected chi connectivity index (χ1v) is 10.5. The normalized spacial score (nSPS) is 19.3. The SMILES string of the molecule is CCc1[nH]c(C(=O)NC2CCN(c3ncc(C(=O)N(C)C)s3)C[C@@H]2OC)nc1Cl. The van der Waals surface area contributed by atoms with E-state index in [0.29, 0.717) is 36.0 Å². The summed E-state index contributed by atoms with van der Waals surface area (Å²) in [7, 11) is 5.05. The van der Waals surface area contributed by atoms with Crippen LogP contribution in [-0.4, -0.2) is 78.1 Å². The Labute approximate surface area is 178 Å². The summed E-state index contributed by atoms with van der Waals surface area (Å²) in [5.41, 5.74) is 0.738. The second kappa shape index (κ2) is 9.10. The molecule has 2 amide bonds. The second-order valence-corrected chi connectivity index (χ2v) is 8.37. The van der Waals surface area contributed by atoms with E-state index < -0.39 is 0 Å². The highest BCUT2D eigenvalue weighted by atomic mass is 35.5. The summed E-state index contributed by atoms with van der Waals surface area (Å²) >= 11 is 7.39. The molecule has 3 rings (SSSR count). The van der Waals surface area contributed by atoms with Crippen LogP contribution in [0.25, 0.3) is 0 Å². The van der Waals surface area contributed by atoms with Crippen LogP contribution in [0, 0.1) is 0 Å². The van der Waals surface area contributed by atoms with Crippen LogP contribution in [0.2, 0.25) is 5.15 Å². The average molecular weight is 441 g/mol. The number of aryl methyl sites for hydroxylation is 1. The molecule has 2 N–H and O–H groups in total. The van der Waals surface area contributed by atoms with Crippen molar-refractivity contribution in [3.8, 4) is 0 Å². The quantitative estimate of drug-likeness (QED) is 0.710. The number of amides is 2. The zero-order valence-corrected chi connectivity index (χ0v) is 18.4. The lowest BCUT2D eigenvalue weighted by molar-refractivity contribution is 0.0538. The summed E-state index contributed by atoms with van der Waals surface area (Å²) in [5.74, 6) is -0.168. The van der Waals surface area contributed by atoms with Crippen molar-refractivity contribution >= 4 is 39.9 Å². The van der Waals surface area contributed by atoms with Gasteiger partial charge in [0.05, 0.1) is 24.0 Å². The fourth-order valence-corrected chi connectivity index (χ4v) is 4.43. The maximum atomic E-state index is 12.6. The van der Waals surface area contributed by atoms with E-state index in [-0.39, 0.29) is 29.8 Å². The number of imidazole rings is 1. The van der Waals surface area contributed by atoms with Gasteiger partial charge in [0, 0.05) is 34.3 Å². The highest BCUT2D eigenvalue weighted by molar-refractivity contribution is 7.17. The van der Waals surface area contributed by atoms with Gasteiger partial charge in [-0.25, -0.2) is 9.97 Å². The molecule has 9 nitrogen and oxygen atoms in total. The minimum atomic E-state index is -0.305. The van der Waals surface area contributed by atoms with Crippen LogP contribution >= 0.6 is 22.9 Å². The van der Waals surface area contributed by atoms with E-state index in [9.17, 15) is 9.59 Å². The summed E-state index contributed by atoms with van der Waals surface area (Å²) in [4.78, 5) is 40.3. The van der Waals surface area contributed by atoms with Crippen LogP contribution in [0.5, 0.6) is 0 Å². The molecule has 158 valence electrons. The minimum absolute atomic E-state index is 0.0669. The number of rotatable bonds is 6. The van der Waals surface area contributed by atoms with Crippen molar-refractivity contribution in [3.63, 3.8) is 0 Å². The number of anilines is 1. The molecule has 1 unspecified atom stereocenters. The van der Waals surface area contributed by atoms with E-state index in [4.69, 9.17) is 16.3 Å². The van der Waals surface area contributed by atoms with Gasteiger partial charge in [0.25, 0.3) is 11.8 Å². The molecule has 2 atom stereocenters. The molecule has 0 aromatic carbocycles. The number of methoxy groups -OCH3 is 1. The summed E-state index contributed by atoms with van der Waals surface area (Å²) < 4.78 is 5.62. The molecule has 2 aromatic heterocycles. The topological polar surface area (TPSA) is 103 Å². The van der Waals surface area contributed by atoms with E-state index in [1.807, 2.05) is 6.92 Å². The third-order valence-corrected chi connectivity index (χ3v) is 6.22. The Bertz CT molecular complexity index is 883. The van der Waals surface area contributed by atoms with Crippen LogP contribution in [0.1, 0.15) is 39.3 Å². The van der Waals surface area contributed by atoms with Crippen molar-refractivity contribution in [1.82, 2.24) is 25.2 Å². The molecule has 0 saturated carbocycles. The third kappa shape index (κ3) is 4.71. The molecule has 3 heterocycles. The molecule has 0 spiro atoms. The van der Waals surface area contributed by atoms with Crippen molar-refractivity contribution in [1.29, 1.82) is 0 Å². The van der Waals surface area contributed by atoms with Crippen molar-refractivity contribution in [2.75, 3.05) is 39.2 Å². The highest BCUT2D eigenvalue weighted by Gasteiger charge is 2.32. The fourth-order valence-electron chi connectivity index (χ4n) is 3.19. The number of thiazole rings is 1. The van der Waals surface area contributed by atoms with Gasteiger partial charge in [-0.15, -0.1) is 0 Å². The summed E-state index contributed by atoms with van der Waals surface area (Å²) in [6.07, 6.45) is 2.73. The number of carbonyl (C=O) groups is 2. The number of H-pyrrole nitrogens is 1. The van der Waals surface area contributed by atoms with Gasteiger partial charge in [-0.3, -0.25) is 9.59 Å². The van der Waals surface area contributed by atoms with Gasteiger partial charge < -0.3 is 24.8 Å². The largest absolute Gasteiger partial charge is 0.377 e. The van der Waals surface area contributed by atoms with Gasteiger partial charge >= 0.3 is 0 Å². The lowest BCUT2D eigenvalue weighted by Crippen LogP contribution is -2.55. The molecule has 29 heavy (non-hydrogen) atoms. The number of ether oxygens (including phenoxy) is 1. The van der Waals surface area contributed by atoms with Gasteiger partial charge in [-0.2, -0.15) is 0 Å². The third-order valence-electron chi connectivity index (χ3n) is 4.86. The number of aromatic amines is 1. The summed E-state index contributed by atoms with van der Waals surface area (Å²) in [6.45, 7) is 3.19. The van der Waals surface area contributed by atoms with Crippen molar-refractivity contribution in [2.45, 2.75) is 31.9 Å². The predicted octanol–water partition coefficient (Wildman–Crippen LogP) is 1.81. The Morgan fingerprint density at radius 3 is 2.86 bits per heavy atom. The maximum Gasteiger partial charge on any atom is 0.287 e. The second-order valence-electron chi connectivity index (χ2n) is 7.00. The lowest BCUT2D eigenvalue weighted by atomic mass is 10.0. The Kier molecular flexibility index (Phi) is 6.76. The standard InChI is InChI=1S/C18H25ClN6O3S/c1-5-10-14(19)23-15(21-10)16(26)22-11-6-7-25(9-12(11)28-4)18-20-8-13(29-18)17(27)24(2)3/h8,11-12H,5-7,9H2,1-4H3,(H,21,23)(H,22,26)/t11?,12-/m0/s1. The van der Waals surface area contributed by atoms with E-state index in [1.165, 1.54) is 16.2 Å². The van der Waals surface area contributed by atoms with Crippen LogP contribution < -0.4 is 10.2 Å². The van der Waals surface area contributed by atoms with E-state index >= 15 is 0 Å². The van der Waals surface area contributed by atoms with Gasteiger partial charge in [0.15, 0.2) is 16.1 Å². The van der Waals surface area contributed by atoms with Crippen LogP contribution in [-0.2, 0) is 11.2 Å². The molecule has 1 aliphatic heterocycles. The predicted molar refractivity (Wildman–Crippen MR) is 112 cm³/mol. The maximum absolute atomic E-state index is 12.6. The highest BCUT2D eigenvalue weighted by Crippen LogP contribution is 2.27. The first-order valence-electron chi connectivity index (χ1n) is 9.34. The van der Waals surface area contributed by atoms with E-state index in [0.717, 1.165) is 10.8 Å². The zero-order chi connectivity index (χ0) is 21.1. The first kappa shape index (κ1) is 21.5. The molecular weight excluding hydrogens is 416 g/mol. The Hall–Kier alpha value is -2.17. The molecule has 0 bridgehead atoms. The van der Waals surface area contributed by atoms with Crippen LogP contribution in [0.3, 0.4) is 0 Å². The molecule has 0 aliphatic carbocycles. The lowest BCUT2D eigenvalue weighted by Gasteiger charge is -2.37. The van der Waals surface area contributed by atoms with E-state index in [1.54, 1.807) is 27.4 Å². The minimum Gasteiger partial charge on any atom is -0.377 e. The molecule has 11 heteroatoms. The zero-order valence-electron chi connectivity index (χ0n) is 16.9. The smallest absolute Gasteiger partial charge is 0.287 e. The Morgan fingerprint density at radius 1 is 1.48 bits per heavy atom. The Morgan fingerprint density at radius 2 is 2.24 bits per heavy atom. The van der Waals surface area contributed by atoms with Crippen molar-refractivity contribution in [2.24, 2.45) is 0 Å². The monoisotopic (exact) mass is 440 g/mol. The Balaban J connectivity index is 1.65. The molecule has 1 aliphatic rings. The number of piperidine rings is 1. The van der Waals surface area contributed by atoms with Crippen LogP contribution in [0.15, 0.2) is 6.20 Å². The van der Waals surface area contributed by atoms with Crippen molar-refractivity contribution < 1.29 is 14.3 Å². The average Bonchev–Trinajstić information content (AvgIpc) is 3.34. The van der Waals surface area contributed by atoms with Crippen molar-refractivity contribution in [3.05, 3.63) is 27.7 Å². The van der Waals surface area contributed by atoms with Gasteiger partial charge in [-0.05, 0) is 12.8 Å². The summed E-state index contributed by atoms with van der Waals surface area (Å²) in [6, 6.07) is -0.166. The number of nitrogens with zero attached hydrogens (tertiary/aromatic N) is 4. The molecular formula is C18H25ClN6O3S. The number of halogens is 1.